The highest BCUT2D eigenvalue weighted by Crippen LogP contribution is 2.15. The van der Waals surface area contributed by atoms with Gasteiger partial charge in [-0.3, -0.25) is 9.59 Å². The summed E-state index contributed by atoms with van der Waals surface area (Å²) in [6.45, 7) is 4.68. The number of likely N-dealkylation sites (tertiary alicyclic amines) is 1. The molecule has 22 heavy (non-hydrogen) atoms. The Hall–Kier alpha value is -2.04. The Morgan fingerprint density at radius 1 is 1.09 bits per heavy atom. The normalized spacial score (nSPS) is 14.5. The second-order valence-electron chi connectivity index (χ2n) is 5.63. The predicted octanol–water partition coefficient (Wildman–Crippen LogP) is 2.25. The maximum absolute atomic E-state index is 12.3. The van der Waals surface area contributed by atoms with E-state index in [1.807, 2.05) is 36.1 Å². The smallest absolute Gasteiger partial charge is 0.253 e. The van der Waals surface area contributed by atoms with Crippen molar-refractivity contribution in [1.29, 1.82) is 0 Å². The maximum Gasteiger partial charge on any atom is 0.253 e. The average Bonchev–Trinajstić information content (AvgIpc) is 2.58. The molecule has 1 saturated heterocycles. The molecule has 1 aliphatic heterocycles. The zero-order chi connectivity index (χ0) is 15.8. The number of hydrogen-bond acceptors (Lipinski definition) is 3. The van der Waals surface area contributed by atoms with Gasteiger partial charge in [0.2, 0.25) is 5.91 Å². The molecule has 2 N–H and O–H groups in total. The van der Waals surface area contributed by atoms with Gasteiger partial charge in [-0.2, -0.15) is 0 Å². The van der Waals surface area contributed by atoms with Gasteiger partial charge in [0.15, 0.2) is 0 Å². The molecule has 2 amide bonds. The van der Waals surface area contributed by atoms with E-state index in [4.69, 9.17) is 0 Å². The quantitative estimate of drug-likeness (QED) is 0.847. The molecule has 0 unspecified atom stereocenters. The summed E-state index contributed by atoms with van der Waals surface area (Å²) < 4.78 is 0. The van der Waals surface area contributed by atoms with Crippen LogP contribution in [0.2, 0.25) is 0 Å². The minimum absolute atomic E-state index is 0.0182. The van der Waals surface area contributed by atoms with Crippen molar-refractivity contribution >= 4 is 17.5 Å². The molecule has 1 aromatic rings. The lowest BCUT2D eigenvalue weighted by molar-refractivity contribution is -0.119. The lowest BCUT2D eigenvalue weighted by Gasteiger charge is -2.26. The Labute approximate surface area is 132 Å². The van der Waals surface area contributed by atoms with Gasteiger partial charge >= 0.3 is 0 Å². The molecule has 1 fully saturated rings. The molecule has 0 saturated carbocycles. The number of hydrogen-bond donors (Lipinski definition) is 2. The highest BCUT2D eigenvalue weighted by molar-refractivity contribution is 5.94. The lowest BCUT2D eigenvalue weighted by atomic mass is 10.1. The van der Waals surface area contributed by atoms with Crippen LogP contribution in [0.1, 0.15) is 43.0 Å². The first-order valence-corrected chi connectivity index (χ1v) is 8.10. The molecule has 0 aliphatic carbocycles. The summed E-state index contributed by atoms with van der Waals surface area (Å²) in [6.07, 6.45) is 4.34. The van der Waals surface area contributed by atoms with Crippen molar-refractivity contribution in [2.75, 3.05) is 31.5 Å². The minimum atomic E-state index is -0.0182. The molecule has 0 aromatic heterocycles. The fourth-order valence-electron chi connectivity index (χ4n) is 2.52. The summed E-state index contributed by atoms with van der Waals surface area (Å²) in [5, 5.41) is 5.88. The zero-order valence-corrected chi connectivity index (χ0v) is 13.2. The van der Waals surface area contributed by atoms with E-state index in [1.165, 1.54) is 6.42 Å². The van der Waals surface area contributed by atoms with Gasteiger partial charge in [-0.1, -0.05) is 6.92 Å². The lowest BCUT2D eigenvalue weighted by Crippen LogP contribution is -2.35. The molecule has 5 heteroatoms. The van der Waals surface area contributed by atoms with Crippen molar-refractivity contribution in [1.82, 2.24) is 10.2 Å². The van der Waals surface area contributed by atoms with Gasteiger partial charge in [-0.25, -0.2) is 0 Å². The highest BCUT2D eigenvalue weighted by Gasteiger charge is 2.17. The SMILES string of the molecule is CCCNC(=O)CNc1ccc(C(=O)N2CCCCC2)cc1. The van der Waals surface area contributed by atoms with Crippen LogP contribution in [-0.2, 0) is 4.79 Å². The second-order valence-corrected chi connectivity index (χ2v) is 5.63. The van der Waals surface area contributed by atoms with E-state index in [0.717, 1.165) is 38.0 Å². The van der Waals surface area contributed by atoms with Crippen LogP contribution in [0.4, 0.5) is 5.69 Å². The van der Waals surface area contributed by atoms with Crippen LogP contribution in [0.5, 0.6) is 0 Å². The summed E-state index contributed by atoms with van der Waals surface area (Å²) >= 11 is 0. The van der Waals surface area contributed by atoms with E-state index in [9.17, 15) is 9.59 Å². The number of amides is 2. The molecule has 0 spiro atoms. The third-order valence-electron chi connectivity index (χ3n) is 3.80. The van der Waals surface area contributed by atoms with E-state index in [2.05, 4.69) is 10.6 Å². The van der Waals surface area contributed by atoms with Gasteiger partial charge in [0.25, 0.3) is 5.91 Å². The Bertz CT molecular complexity index is 493. The second kappa shape index (κ2) is 8.41. The number of nitrogens with one attached hydrogen (secondary N) is 2. The number of benzene rings is 1. The molecule has 1 heterocycles. The fourth-order valence-corrected chi connectivity index (χ4v) is 2.52. The number of carbonyl (C=O) groups excluding carboxylic acids is 2. The molecule has 1 aromatic carbocycles. The zero-order valence-electron chi connectivity index (χ0n) is 13.2. The van der Waals surface area contributed by atoms with Crippen LogP contribution in [-0.4, -0.2) is 42.9 Å². The fraction of sp³-hybridized carbons (Fsp3) is 0.529. The van der Waals surface area contributed by atoms with Crippen LogP contribution < -0.4 is 10.6 Å². The van der Waals surface area contributed by atoms with Crippen LogP contribution >= 0.6 is 0 Å². The van der Waals surface area contributed by atoms with Crippen LogP contribution in [0.3, 0.4) is 0 Å². The third kappa shape index (κ3) is 4.76. The minimum Gasteiger partial charge on any atom is -0.376 e. The van der Waals surface area contributed by atoms with Gasteiger partial charge in [-0.05, 0) is 49.9 Å². The number of nitrogens with zero attached hydrogens (tertiary/aromatic N) is 1. The topological polar surface area (TPSA) is 61.4 Å². The van der Waals surface area contributed by atoms with Gasteiger partial charge < -0.3 is 15.5 Å². The molecular weight excluding hydrogens is 278 g/mol. The van der Waals surface area contributed by atoms with Crippen LogP contribution in [0.25, 0.3) is 0 Å². The van der Waals surface area contributed by atoms with Crippen molar-refractivity contribution in [3.05, 3.63) is 29.8 Å². The third-order valence-corrected chi connectivity index (χ3v) is 3.80. The summed E-state index contributed by atoms with van der Waals surface area (Å²) in [5.74, 6) is 0.0854. The summed E-state index contributed by atoms with van der Waals surface area (Å²) in [5.41, 5.74) is 1.56. The molecule has 5 nitrogen and oxygen atoms in total. The van der Waals surface area contributed by atoms with Crippen molar-refractivity contribution in [3.63, 3.8) is 0 Å². The van der Waals surface area contributed by atoms with Crippen LogP contribution in [0.15, 0.2) is 24.3 Å². The van der Waals surface area contributed by atoms with Crippen molar-refractivity contribution < 1.29 is 9.59 Å². The molecule has 1 aliphatic rings. The van der Waals surface area contributed by atoms with E-state index >= 15 is 0 Å². The summed E-state index contributed by atoms with van der Waals surface area (Å²) in [7, 11) is 0. The monoisotopic (exact) mass is 303 g/mol. The Morgan fingerprint density at radius 2 is 1.77 bits per heavy atom. The summed E-state index contributed by atoms with van der Waals surface area (Å²) in [6, 6.07) is 7.35. The first kappa shape index (κ1) is 16.3. The van der Waals surface area contributed by atoms with Gasteiger partial charge in [0.1, 0.15) is 0 Å². The first-order valence-electron chi connectivity index (χ1n) is 8.10. The van der Waals surface area contributed by atoms with Gasteiger partial charge in [0.05, 0.1) is 6.54 Å². The molecular formula is C17H25N3O2. The van der Waals surface area contributed by atoms with E-state index in [1.54, 1.807) is 0 Å². The maximum atomic E-state index is 12.3. The number of carbonyl (C=O) groups is 2. The first-order chi connectivity index (χ1) is 10.7. The van der Waals surface area contributed by atoms with Crippen molar-refractivity contribution in [2.45, 2.75) is 32.6 Å². The van der Waals surface area contributed by atoms with Gasteiger partial charge in [0, 0.05) is 30.9 Å². The highest BCUT2D eigenvalue weighted by atomic mass is 16.2. The van der Waals surface area contributed by atoms with Crippen LogP contribution in [0, 0.1) is 0 Å². The Morgan fingerprint density at radius 3 is 2.41 bits per heavy atom. The standard InChI is InChI=1S/C17H25N3O2/c1-2-10-18-16(21)13-19-15-8-6-14(7-9-15)17(22)20-11-4-3-5-12-20/h6-9,19H,2-5,10-13H2,1H3,(H,18,21). The van der Waals surface area contributed by atoms with E-state index in [0.29, 0.717) is 12.1 Å². The van der Waals surface area contributed by atoms with E-state index in [-0.39, 0.29) is 18.4 Å². The Kier molecular flexibility index (Phi) is 6.25. The molecule has 120 valence electrons. The number of rotatable bonds is 6. The van der Waals surface area contributed by atoms with Crippen molar-refractivity contribution in [3.8, 4) is 0 Å². The number of piperidine rings is 1. The molecule has 2 rings (SSSR count). The van der Waals surface area contributed by atoms with E-state index < -0.39 is 0 Å². The molecule has 0 atom stereocenters. The molecule has 0 bridgehead atoms. The molecule has 0 radical (unpaired) electrons. The summed E-state index contributed by atoms with van der Waals surface area (Å²) in [4.78, 5) is 25.8. The van der Waals surface area contributed by atoms with Crippen molar-refractivity contribution in [2.24, 2.45) is 0 Å². The predicted molar refractivity (Wildman–Crippen MR) is 88.0 cm³/mol. The van der Waals surface area contributed by atoms with Gasteiger partial charge in [-0.15, -0.1) is 0 Å². The average molecular weight is 303 g/mol. The number of anilines is 1. The Balaban J connectivity index is 1.84. The largest absolute Gasteiger partial charge is 0.376 e.